The lowest BCUT2D eigenvalue weighted by molar-refractivity contribution is -0.384. The molecule has 0 radical (unpaired) electrons. The van der Waals surface area contributed by atoms with Crippen LogP contribution in [0.25, 0.3) is 0 Å². The predicted octanol–water partition coefficient (Wildman–Crippen LogP) is 3.95. The van der Waals surface area contributed by atoms with E-state index in [9.17, 15) is 19.3 Å². The standard InChI is InChI=1S/C14H10ClFN2O3/c1-8-4-9(16)6-10(5-8)17-14(19)12-7-11(18(20)21)2-3-13(12)15/h2-7H,1H3,(H,17,19). The quantitative estimate of drug-likeness (QED) is 0.689. The van der Waals surface area contributed by atoms with Crippen molar-refractivity contribution in [2.45, 2.75) is 6.92 Å². The fourth-order valence-corrected chi connectivity index (χ4v) is 2.01. The third-order valence-corrected chi connectivity index (χ3v) is 3.03. The molecule has 0 bridgehead atoms. The second-order valence-corrected chi connectivity index (χ2v) is 4.80. The molecule has 2 rings (SSSR count). The SMILES string of the molecule is Cc1cc(F)cc(NC(=O)c2cc([N+](=O)[O-])ccc2Cl)c1. The Kier molecular flexibility index (Phi) is 4.18. The number of aryl methyl sites for hydroxylation is 1. The molecule has 0 saturated heterocycles. The van der Waals surface area contributed by atoms with Gasteiger partial charge < -0.3 is 5.32 Å². The van der Waals surface area contributed by atoms with Crippen LogP contribution in [-0.2, 0) is 0 Å². The summed E-state index contributed by atoms with van der Waals surface area (Å²) in [6.07, 6.45) is 0. The van der Waals surface area contributed by atoms with Gasteiger partial charge in [0.25, 0.3) is 11.6 Å². The minimum absolute atomic E-state index is 0.0484. The highest BCUT2D eigenvalue weighted by Crippen LogP contribution is 2.23. The van der Waals surface area contributed by atoms with Crippen LogP contribution in [0.3, 0.4) is 0 Å². The first kappa shape index (κ1) is 14.9. The van der Waals surface area contributed by atoms with Crippen molar-refractivity contribution in [3.63, 3.8) is 0 Å². The molecule has 5 nitrogen and oxygen atoms in total. The second-order valence-electron chi connectivity index (χ2n) is 4.39. The van der Waals surface area contributed by atoms with Crippen LogP contribution in [0.1, 0.15) is 15.9 Å². The number of carbonyl (C=O) groups excluding carboxylic acids is 1. The van der Waals surface area contributed by atoms with Crippen molar-refractivity contribution in [2.75, 3.05) is 5.32 Å². The highest BCUT2D eigenvalue weighted by atomic mass is 35.5. The van der Waals surface area contributed by atoms with E-state index in [0.29, 0.717) is 5.56 Å². The molecule has 108 valence electrons. The van der Waals surface area contributed by atoms with Gasteiger partial charge in [0.15, 0.2) is 0 Å². The number of halogens is 2. The molecule has 0 heterocycles. The van der Waals surface area contributed by atoms with Gasteiger partial charge in [-0.3, -0.25) is 14.9 Å². The Morgan fingerprint density at radius 3 is 2.62 bits per heavy atom. The third kappa shape index (κ3) is 3.55. The van der Waals surface area contributed by atoms with Crippen LogP contribution in [0.15, 0.2) is 36.4 Å². The number of rotatable bonds is 3. The Morgan fingerprint density at radius 2 is 2.00 bits per heavy atom. The van der Waals surface area contributed by atoms with Crippen LogP contribution < -0.4 is 5.32 Å². The van der Waals surface area contributed by atoms with Crippen LogP contribution in [-0.4, -0.2) is 10.8 Å². The predicted molar refractivity (Wildman–Crippen MR) is 77.2 cm³/mol. The lowest BCUT2D eigenvalue weighted by Crippen LogP contribution is -2.13. The number of benzene rings is 2. The monoisotopic (exact) mass is 308 g/mol. The van der Waals surface area contributed by atoms with Crippen molar-refractivity contribution < 1.29 is 14.1 Å². The zero-order valence-corrected chi connectivity index (χ0v) is 11.6. The number of hydrogen-bond acceptors (Lipinski definition) is 3. The number of nitro groups is 1. The van der Waals surface area contributed by atoms with Gasteiger partial charge in [-0.05, 0) is 36.8 Å². The van der Waals surface area contributed by atoms with Crippen LogP contribution in [0, 0.1) is 22.9 Å². The maximum absolute atomic E-state index is 13.3. The third-order valence-electron chi connectivity index (χ3n) is 2.71. The zero-order valence-electron chi connectivity index (χ0n) is 10.9. The summed E-state index contributed by atoms with van der Waals surface area (Å²) in [5.74, 6) is -1.14. The van der Waals surface area contributed by atoms with Gasteiger partial charge in [-0.1, -0.05) is 11.6 Å². The second kappa shape index (κ2) is 5.88. The molecule has 0 aliphatic heterocycles. The topological polar surface area (TPSA) is 72.2 Å². The summed E-state index contributed by atoms with van der Waals surface area (Å²) in [6.45, 7) is 1.68. The zero-order chi connectivity index (χ0) is 15.6. The first-order valence-electron chi connectivity index (χ1n) is 5.89. The average molecular weight is 309 g/mol. The fourth-order valence-electron chi connectivity index (χ4n) is 1.81. The number of nitro benzene ring substituents is 1. The van der Waals surface area contributed by atoms with Gasteiger partial charge in [0, 0.05) is 17.8 Å². The largest absolute Gasteiger partial charge is 0.322 e. The maximum Gasteiger partial charge on any atom is 0.270 e. The number of carbonyl (C=O) groups is 1. The van der Waals surface area contributed by atoms with E-state index >= 15 is 0 Å². The van der Waals surface area contributed by atoms with Gasteiger partial charge in [0.05, 0.1) is 15.5 Å². The van der Waals surface area contributed by atoms with Gasteiger partial charge in [0.1, 0.15) is 5.82 Å². The van der Waals surface area contributed by atoms with Crippen LogP contribution in [0.2, 0.25) is 5.02 Å². The van der Waals surface area contributed by atoms with Crippen molar-refractivity contribution in [2.24, 2.45) is 0 Å². The number of nitrogens with zero attached hydrogens (tertiary/aromatic N) is 1. The van der Waals surface area contributed by atoms with Gasteiger partial charge in [-0.2, -0.15) is 0 Å². The van der Waals surface area contributed by atoms with Gasteiger partial charge in [0.2, 0.25) is 0 Å². The van der Waals surface area contributed by atoms with Gasteiger partial charge in [-0.15, -0.1) is 0 Å². The molecule has 0 spiro atoms. The summed E-state index contributed by atoms with van der Waals surface area (Å²) in [4.78, 5) is 22.2. The van der Waals surface area contributed by atoms with Crippen LogP contribution in [0.4, 0.5) is 15.8 Å². The highest BCUT2D eigenvalue weighted by Gasteiger charge is 2.16. The van der Waals surface area contributed by atoms with Crippen LogP contribution in [0.5, 0.6) is 0 Å². The molecule has 2 aromatic rings. The van der Waals surface area contributed by atoms with Crippen molar-refractivity contribution in [1.29, 1.82) is 0 Å². The minimum Gasteiger partial charge on any atom is -0.322 e. The van der Waals surface area contributed by atoms with E-state index < -0.39 is 16.6 Å². The summed E-state index contributed by atoms with van der Waals surface area (Å²) in [6, 6.07) is 7.58. The van der Waals surface area contributed by atoms with E-state index in [1.54, 1.807) is 13.0 Å². The van der Waals surface area contributed by atoms with E-state index in [4.69, 9.17) is 11.6 Å². The Labute approximate surface area is 124 Å². The molecule has 0 saturated carbocycles. The Balaban J connectivity index is 2.31. The fraction of sp³-hybridized carbons (Fsp3) is 0.0714. The normalized spacial score (nSPS) is 10.2. The summed E-state index contributed by atoms with van der Waals surface area (Å²) in [5, 5.41) is 13.3. The first-order chi connectivity index (χ1) is 9.86. The molecule has 1 amide bonds. The van der Waals surface area contributed by atoms with E-state index in [1.165, 1.54) is 18.2 Å². The molecule has 0 unspecified atom stereocenters. The molecule has 0 aromatic heterocycles. The van der Waals surface area contributed by atoms with E-state index in [-0.39, 0.29) is 22.0 Å². The molecule has 21 heavy (non-hydrogen) atoms. The van der Waals surface area contributed by atoms with E-state index in [2.05, 4.69) is 5.32 Å². The maximum atomic E-state index is 13.3. The number of anilines is 1. The summed E-state index contributed by atoms with van der Waals surface area (Å²) >= 11 is 5.87. The molecule has 1 N–H and O–H groups in total. The minimum atomic E-state index is -0.645. The molecule has 7 heteroatoms. The molecular weight excluding hydrogens is 299 g/mol. The first-order valence-corrected chi connectivity index (χ1v) is 6.27. The molecule has 0 aliphatic carbocycles. The Morgan fingerprint density at radius 1 is 1.29 bits per heavy atom. The van der Waals surface area contributed by atoms with E-state index in [0.717, 1.165) is 12.1 Å². The summed E-state index contributed by atoms with van der Waals surface area (Å²) in [7, 11) is 0. The van der Waals surface area contributed by atoms with Crippen molar-refractivity contribution in [1.82, 2.24) is 0 Å². The molecule has 0 aliphatic rings. The number of hydrogen-bond donors (Lipinski definition) is 1. The number of nitrogens with one attached hydrogen (secondary N) is 1. The van der Waals surface area contributed by atoms with E-state index in [1.807, 2.05) is 0 Å². The molecule has 0 atom stereocenters. The lowest BCUT2D eigenvalue weighted by atomic mass is 10.1. The average Bonchev–Trinajstić information content (AvgIpc) is 2.37. The highest BCUT2D eigenvalue weighted by molar-refractivity contribution is 6.34. The van der Waals surface area contributed by atoms with Crippen molar-refractivity contribution in [3.05, 3.63) is 68.5 Å². The van der Waals surface area contributed by atoms with Gasteiger partial charge in [-0.25, -0.2) is 4.39 Å². The lowest BCUT2D eigenvalue weighted by Gasteiger charge is -2.08. The molecule has 0 fully saturated rings. The summed E-state index contributed by atoms with van der Waals surface area (Å²) < 4.78 is 13.3. The smallest absolute Gasteiger partial charge is 0.270 e. The van der Waals surface area contributed by atoms with Crippen molar-refractivity contribution in [3.8, 4) is 0 Å². The molecule has 2 aromatic carbocycles. The summed E-state index contributed by atoms with van der Waals surface area (Å²) in [5.41, 5.74) is 0.586. The number of amides is 1. The molecular formula is C14H10ClFN2O3. The van der Waals surface area contributed by atoms with Crippen molar-refractivity contribution >= 4 is 28.9 Å². The Hall–Kier alpha value is -2.47. The Bertz CT molecular complexity index is 714. The van der Waals surface area contributed by atoms with Crippen LogP contribution >= 0.6 is 11.6 Å². The van der Waals surface area contributed by atoms with Gasteiger partial charge >= 0.3 is 0 Å². The number of non-ortho nitro benzene ring substituents is 1.